The minimum Gasteiger partial charge on any atom is -0.262 e. The average molecular weight is 291 g/mol. The molecular weight excluding hydrogens is 278 g/mol. The molecule has 0 aliphatic heterocycles. The van der Waals surface area contributed by atoms with Gasteiger partial charge in [-0.05, 0) is 11.6 Å². The second-order valence-electron chi connectivity index (χ2n) is 4.21. The van der Waals surface area contributed by atoms with E-state index in [9.17, 15) is 8.42 Å². The zero-order valence-corrected chi connectivity index (χ0v) is 11.6. The van der Waals surface area contributed by atoms with Crippen LogP contribution in [0.2, 0.25) is 0 Å². The van der Waals surface area contributed by atoms with Crippen LogP contribution in [0.1, 0.15) is 17.0 Å². The van der Waals surface area contributed by atoms with Crippen molar-refractivity contribution in [3.8, 4) is 6.07 Å². The molecule has 1 N–H and O–H groups in total. The van der Waals surface area contributed by atoms with Gasteiger partial charge in [0.2, 0.25) is 10.0 Å². The number of aromatic nitrogens is 3. The molecule has 0 saturated carbocycles. The number of nitrogens with zero attached hydrogens (tertiary/aromatic N) is 4. The Morgan fingerprint density at radius 1 is 1.40 bits per heavy atom. The molecule has 0 unspecified atom stereocenters. The standard InChI is InChI=1S/C12H13N5O2S/c1-17(7-12-14-9-15-16-12)20(18,19)8-11-5-3-2-4-10(11)6-13/h2-5,9H,7-8H2,1H3,(H,14,15,16). The summed E-state index contributed by atoms with van der Waals surface area (Å²) in [6.45, 7) is 0.108. The fourth-order valence-corrected chi connectivity index (χ4v) is 2.86. The summed E-state index contributed by atoms with van der Waals surface area (Å²) in [6, 6.07) is 8.64. The lowest BCUT2D eigenvalue weighted by Crippen LogP contribution is -2.28. The number of hydrogen-bond acceptors (Lipinski definition) is 5. The van der Waals surface area contributed by atoms with Gasteiger partial charge in [0.1, 0.15) is 12.2 Å². The molecule has 0 aliphatic carbocycles. The minimum absolute atomic E-state index is 0.108. The molecule has 0 atom stereocenters. The monoisotopic (exact) mass is 291 g/mol. The average Bonchev–Trinajstić information content (AvgIpc) is 2.92. The number of sulfonamides is 1. The lowest BCUT2D eigenvalue weighted by atomic mass is 10.1. The molecular formula is C12H13N5O2S. The van der Waals surface area contributed by atoms with E-state index in [2.05, 4.69) is 15.2 Å². The molecule has 104 valence electrons. The summed E-state index contributed by atoms with van der Waals surface area (Å²) in [7, 11) is -2.06. The van der Waals surface area contributed by atoms with Crippen molar-refractivity contribution in [2.45, 2.75) is 12.3 Å². The number of rotatable bonds is 5. The van der Waals surface area contributed by atoms with E-state index in [1.54, 1.807) is 24.3 Å². The van der Waals surface area contributed by atoms with E-state index >= 15 is 0 Å². The molecule has 2 rings (SSSR count). The first-order chi connectivity index (χ1) is 9.53. The van der Waals surface area contributed by atoms with E-state index in [0.29, 0.717) is 17.0 Å². The maximum Gasteiger partial charge on any atom is 0.218 e. The Morgan fingerprint density at radius 3 is 2.80 bits per heavy atom. The second kappa shape index (κ2) is 5.81. The molecule has 2 aromatic rings. The van der Waals surface area contributed by atoms with Gasteiger partial charge in [-0.25, -0.2) is 13.4 Å². The van der Waals surface area contributed by atoms with Crippen LogP contribution < -0.4 is 0 Å². The predicted molar refractivity (Wildman–Crippen MR) is 71.6 cm³/mol. The van der Waals surface area contributed by atoms with Gasteiger partial charge in [-0.15, -0.1) is 0 Å². The van der Waals surface area contributed by atoms with Crippen LogP contribution in [0.5, 0.6) is 0 Å². The zero-order valence-electron chi connectivity index (χ0n) is 10.8. The molecule has 0 fully saturated rings. The van der Waals surface area contributed by atoms with Crippen molar-refractivity contribution in [2.24, 2.45) is 0 Å². The highest BCUT2D eigenvalue weighted by Gasteiger charge is 2.21. The van der Waals surface area contributed by atoms with Crippen LogP contribution in [0, 0.1) is 11.3 Å². The third-order valence-electron chi connectivity index (χ3n) is 2.79. The van der Waals surface area contributed by atoms with Gasteiger partial charge >= 0.3 is 0 Å². The highest BCUT2D eigenvalue weighted by Crippen LogP contribution is 2.14. The van der Waals surface area contributed by atoms with Crippen molar-refractivity contribution in [2.75, 3.05) is 7.05 Å². The van der Waals surface area contributed by atoms with Crippen molar-refractivity contribution in [1.82, 2.24) is 19.5 Å². The number of H-pyrrole nitrogens is 1. The Labute approximate surface area is 116 Å². The molecule has 0 saturated heterocycles. The number of nitrogens with one attached hydrogen (secondary N) is 1. The van der Waals surface area contributed by atoms with E-state index in [1.807, 2.05) is 6.07 Å². The third-order valence-corrected chi connectivity index (χ3v) is 4.54. The molecule has 7 nitrogen and oxygen atoms in total. The summed E-state index contributed by atoms with van der Waals surface area (Å²) < 4.78 is 25.7. The fraction of sp³-hybridized carbons (Fsp3) is 0.250. The van der Waals surface area contributed by atoms with E-state index in [4.69, 9.17) is 5.26 Å². The number of benzene rings is 1. The highest BCUT2D eigenvalue weighted by molar-refractivity contribution is 7.88. The second-order valence-corrected chi connectivity index (χ2v) is 6.29. The molecule has 0 bridgehead atoms. The molecule has 8 heteroatoms. The topological polar surface area (TPSA) is 103 Å². The first-order valence-corrected chi connectivity index (χ1v) is 7.40. The molecule has 0 radical (unpaired) electrons. The molecule has 20 heavy (non-hydrogen) atoms. The summed E-state index contributed by atoms with van der Waals surface area (Å²) in [4.78, 5) is 3.89. The zero-order chi connectivity index (χ0) is 14.6. The molecule has 0 aliphatic rings. The quantitative estimate of drug-likeness (QED) is 0.870. The third kappa shape index (κ3) is 3.20. The normalized spacial score (nSPS) is 11.4. The van der Waals surface area contributed by atoms with Gasteiger partial charge in [-0.2, -0.15) is 14.7 Å². The number of nitriles is 1. The first-order valence-electron chi connectivity index (χ1n) is 5.79. The van der Waals surface area contributed by atoms with Crippen LogP contribution >= 0.6 is 0 Å². The van der Waals surface area contributed by atoms with Gasteiger partial charge in [0.25, 0.3) is 0 Å². The first kappa shape index (κ1) is 14.2. The highest BCUT2D eigenvalue weighted by atomic mass is 32.2. The minimum atomic E-state index is -3.53. The van der Waals surface area contributed by atoms with Crippen molar-refractivity contribution in [1.29, 1.82) is 5.26 Å². The summed E-state index contributed by atoms with van der Waals surface area (Å²) in [5.41, 5.74) is 0.851. The Bertz CT molecular complexity index is 719. The van der Waals surface area contributed by atoms with Gasteiger partial charge in [0, 0.05) is 7.05 Å². The molecule has 0 amide bonds. The van der Waals surface area contributed by atoms with Crippen LogP contribution in [0.15, 0.2) is 30.6 Å². The lowest BCUT2D eigenvalue weighted by Gasteiger charge is -2.16. The van der Waals surface area contributed by atoms with Crippen molar-refractivity contribution >= 4 is 10.0 Å². The van der Waals surface area contributed by atoms with Crippen LogP contribution in [-0.4, -0.2) is 35.0 Å². The van der Waals surface area contributed by atoms with E-state index in [-0.39, 0.29) is 12.3 Å². The number of aromatic amines is 1. The fourth-order valence-electron chi connectivity index (χ4n) is 1.68. The lowest BCUT2D eigenvalue weighted by molar-refractivity contribution is 0.456. The Balaban J connectivity index is 2.17. The van der Waals surface area contributed by atoms with Crippen molar-refractivity contribution in [3.05, 3.63) is 47.5 Å². The van der Waals surface area contributed by atoms with Gasteiger partial charge in [0.15, 0.2) is 0 Å². The Kier molecular flexibility index (Phi) is 4.12. The number of hydrogen-bond donors (Lipinski definition) is 1. The van der Waals surface area contributed by atoms with Gasteiger partial charge in [-0.1, -0.05) is 18.2 Å². The molecule has 1 aromatic heterocycles. The van der Waals surface area contributed by atoms with Crippen LogP contribution in [0.4, 0.5) is 0 Å². The summed E-state index contributed by atoms with van der Waals surface area (Å²) >= 11 is 0. The predicted octanol–water partition coefficient (Wildman–Crippen LogP) is 0.638. The molecule has 1 aromatic carbocycles. The van der Waals surface area contributed by atoms with Crippen molar-refractivity contribution in [3.63, 3.8) is 0 Å². The van der Waals surface area contributed by atoms with Gasteiger partial charge in [-0.3, -0.25) is 5.10 Å². The van der Waals surface area contributed by atoms with Crippen molar-refractivity contribution < 1.29 is 8.42 Å². The van der Waals surface area contributed by atoms with Gasteiger partial charge < -0.3 is 0 Å². The van der Waals surface area contributed by atoms with E-state index in [0.717, 1.165) is 0 Å². The molecule has 1 heterocycles. The smallest absolute Gasteiger partial charge is 0.218 e. The van der Waals surface area contributed by atoms with Crippen LogP contribution in [0.25, 0.3) is 0 Å². The Hall–Kier alpha value is -2.24. The Morgan fingerprint density at radius 2 is 2.15 bits per heavy atom. The largest absolute Gasteiger partial charge is 0.262 e. The summed E-state index contributed by atoms with van der Waals surface area (Å²) in [5.74, 6) is 0.242. The van der Waals surface area contributed by atoms with E-state index in [1.165, 1.54) is 17.7 Å². The maximum absolute atomic E-state index is 12.2. The van der Waals surface area contributed by atoms with Crippen LogP contribution in [-0.2, 0) is 22.3 Å². The maximum atomic E-state index is 12.2. The van der Waals surface area contributed by atoms with Crippen LogP contribution in [0.3, 0.4) is 0 Å². The molecule has 0 spiro atoms. The summed E-state index contributed by atoms with van der Waals surface area (Å²) in [5, 5.41) is 15.3. The van der Waals surface area contributed by atoms with E-state index < -0.39 is 10.0 Å². The summed E-state index contributed by atoms with van der Waals surface area (Å²) in [6.07, 6.45) is 1.32. The SMILES string of the molecule is CN(Cc1ncn[nH]1)S(=O)(=O)Cc1ccccc1C#N. The van der Waals surface area contributed by atoms with Gasteiger partial charge in [0.05, 0.1) is 23.9 Å².